The molecule has 3 N–H and O–H groups in total. The van der Waals surface area contributed by atoms with Crippen LogP contribution >= 0.6 is 0 Å². The average molecular weight is 484 g/mol. The summed E-state index contributed by atoms with van der Waals surface area (Å²) in [7, 11) is 0. The number of carbonyl (C=O) groups excluding carboxylic acids is 3. The molecule has 35 heavy (non-hydrogen) atoms. The van der Waals surface area contributed by atoms with E-state index in [1.54, 1.807) is 33.8 Å². The maximum atomic E-state index is 12.7. The lowest BCUT2D eigenvalue weighted by Gasteiger charge is -2.19. The van der Waals surface area contributed by atoms with Gasteiger partial charge in [-0.1, -0.05) is 44.2 Å². The van der Waals surface area contributed by atoms with Crippen LogP contribution in [0, 0.1) is 0 Å². The molecule has 0 radical (unpaired) electrons. The number of alkyl carbamates (subject to hydrolysis) is 1. The summed E-state index contributed by atoms with van der Waals surface area (Å²) in [5, 5.41) is 8.23. The molecule has 0 aliphatic rings. The maximum absolute atomic E-state index is 12.7. The molecule has 3 amide bonds. The van der Waals surface area contributed by atoms with Gasteiger partial charge in [0.15, 0.2) is 6.10 Å². The van der Waals surface area contributed by atoms with Gasteiger partial charge in [0.2, 0.25) is 5.91 Å². The molecule has 8 heteroatoms. The molecule has 2 rings (SSSR count). The Balaban J connectivity index is 1.84. The summed E-state index contributed by atoms with van der Waals surface area (Å²) >= 11 is 0. The third-order valence-corrected chi connectivity index (χ3v) is 5.00. The lowest BCUT2D eigenvalue weighted by molar-refractivity contribution is -0.122. The number of carbonyl (C=O) groups is 3. The Kier molecular flexibility index (Phi) is 10.1. The van der Waals surface area contributed by atoms with Crippen LogP contribution in [0.4, 0.5) is 10.5 Å². The molecule has 2 aromatic carbocycles. The van der Waals surface area contributed by atoms with E-state index in [0.717, 1.165) is 5.56 Å². The quantitative estimate of drug-likeness (QED) is 0.452. The van der Waals surface area contributed by atoms with E-state index < -0.39 is 17.8 Å². The van der Waals surface area contributed by atoms with Gasteiger partial charge in [-0.05, 0) is 62.9 Å². The smallest absolute Gasteiger partial charge is 0.407 e. The molecule has 0 aliphatic heterocycles. The van der Waals surface area contributed by atoms with Crippen LogP contribution in [0.25, 0.3) is 0 Å². The second-order valence-corrected chi connectivity index (χ2v) is 9.59. The molecule has 190 valence electrons. The molecule has 2 aromatic rings. The number of rotatable bonds is 10. The summed E-state index contributed by atoms with van der Waals surface area (Å²) in [6.45, 7) is 11.6. The molecular weight excluding hydrogens is 446 g/mol. The van der Waals surface area contributed by atoms with E-state index in [2.05, 4.69) is 29.8 Å². The van der Waals surface area contributed by atoms with Gasteiger partial charge in [0, 0.05) is 25.2 Å². The zero-order chi connectivity index (χ0) is 26.0. The van der Waals surface area contributed by atoms with Crippen molar-refractivity contribution in [2.45, 2.75) is 72.1 Å². The monoisotopic (exact) mass is 483 g/mol. The lowest BCUT2D eigenvalue weighted by atomic mass is 10.0. The molecule has 8 nitrogen and oxygen atoms in total. The molecule has 0 aromatic heterocycles. The second kappa shape index (κ2) is 12.8. The van der Waals surface area contributed by atoms with Crippen molar-refractivity contribution in [3.63, 3.8) is 0 Å². The molecule has 0 saturated heterocycles. The van der Waals surface area contributed by atoms with Crippen molar-refractivity contribution in [3.8, 4) is 5.75 Å². The molecule has 0 fully saturated rings. The van der Waals surface area contributed by atoms with Gasteiger partial charge in [-0.2, -0.15) is 0 Å². The summed E-state index contributed by atoms with van der Waals surface area (Å²) in [5.74, 6) is 0.516. The van der Waals surface area contributed by atoms with Crippen molar-refractivity contribution < 1.29 is 23.9 Å². The standard InChI is InChI=1S/C27H37N3O5/c1-18(2)20-11-13-22(14-12-20)34-19(3)25(32)30-23-10-8-7-9-21(23)17-29-24(31)15-16-28-26(33)35-27(4,5)6/h7-14,18-19H,15-17H2,1-6H3,(H,28,33)(H,29,31)(H,30,32). The van der Waals surface area contributed by atoms with Gasteiger partial charge < -0.3 is 25.4 Å². The van der Waals surface area contributed by atoms with Gasteiger partial charge in [-0.15, -0.1) is 0 Å². The summed E-state index contributed by atoms with van der Waals surface area (Å²) in [4.78, 5) is 36.6. The van der Waals surface area contributed by atoms with Gasteiger partial charge in [-0.3, -0.25) is 9.59 Å². The Morgan fingerprint density at radius 3 is 2.20 bits per heavy atom. The Labute approximate surface area is 207 Å². The van der Waals surface area contributed by atoms with E-state index >= 15 is 0 Å². The second-order valence-electron chi connectivity index (χ2n) is 9.59. The Hall–Kier alpha value is -3.55. The number of nitrogens with one attached hydrogen (secondary N) is 3. The van der Waals surface area contributed by atoms with E-state index in [1.807, 2.05) is 42.5 Å². The van der Waals surface area contributed by atoms with E-state index in [9.17, 15) is 14.4 Å². The molecular formula is C27H37N3O5. The normalized spacial score (nSPS) is 12.0. The third-order valence-electron chi connectivity index (χ3n) is 5.00. The summed E-state index contributed by atoms with van der Waals surface area (Å²) in [6.07, 6.45) is -1.17. The lowest BCUT2D eigenvalue weighted by Crippen LogP contribution is -2.35. The van der Waals surface area contributed by atoms with E-state index in [0.29, 0.717) is 17.4 Å². The van der Waals surface area contributed by atoms with Crippen molar-refractivity contribution in [2.75, 3.05) is 11.9 Å². The first-order chi connectivity index (χ1) is 16.4. The van der Waals surface area contributed by atoms with Crippen LogP contribution in [0.2, 0.25) is 0 Å². The minimum absolute atomic E-state index is 0.105. The summed E-state index contributed by atoms with van der Waals surface area (Å²) in [5.41, 5.74) is 1.95. The largest absolute Gasteiger partial charge is 0.481 e. The third kappa shape index (κ3) is 10.1. The number of ether oxygens (including phenoxy) is 2. The van der Waals surface area contributed by atoms with E-state index in [4.69, 9.17) is 9.47 Å². The van der Waals surface area contributed by atoms with Crippen molar-refractivity contribution >= 4 is 23.6 Å². The SMILES string of the molecule is CC(Oc1ccc(C(C)C)cc1)C(=O)Nc1ccccc1CNC(=O)CCNC(=O)OC(C)(C)C. The van der Waals surface area contributed by atoms with Gasteiger partial charge in [0.05, 0.1) is 0 Å². The molecule has 0 aliphatic carbocycles. The van der Waals surface area contributed by atoms with E-state index in [-0.39, 0.29) is 31.3 Å². The summed E-state index contributed by atoms with van der Waals surface area (Å²) < 4.78 is 10.9. The Morgan fingerprint density at radius 1 is 0.914 bits per heavy atom. The molecule has 0 saturated carbocycles. The van der Waals surface area contributed by atoms with Gasteiger partial charge in [0.1, 0.15) is 11.4 Å². The van der Waals surface area contributed by atoms with Gasteiger partial charge in [-0.25, -0.2) is 4.79 Å². The predicted octanol–water partition coefficient (Wildman–Crippen LogP) is 4.75. The number of benzene rings is 2. The number of hydrogen-bond donors (Lipinski definition) is 3. The average Bonchev–Trinajstić information content (AvgIpc) is 2.77. The number of amides is 3. The van der Waals surface area contributed by atoms with Crippen LogP contribution in [-0.4, -0.2) is 36.2 Å². The van der Waals surface area contributed by atoms with Crippen LogP contribution in [-0.2, 0) is 20.9 Å². The predicted molar refractivity (Wildman–Crippen MR) is 136 cm³/mol. The van der Waals surface area contributed by atoms with Crippen molar-refractivity contribution in [2.24, 2.45) is 0 Å². The van der Waals surface area contributed by atoms with Crippen molar-refractivity contribution in [1.82, 2.24) is 10.6 Å². The van der Waals surface area contributed by atoms with Crippen LogP contribution in [0.15, 0.2) is 48.5 Å². The highest BCUT2D eigenvalue weighted by molar-refractivity contribution is 5.94. The van der Waals surface area contributed by atoms with E-state index in [1.165, 1.54) is 5.56 Å². The number of anilines is 1. The highest BCUT2D eigenvalue weighted by atomic mass is 16.6. The molecule has 0 bridgehead atoms. The minimum atomic E-state index is -0.707. The number of para-hydroxylation sites is 1. The zero-order valence-electron chi connectivity index (χ0n) is 21.4. The van der Waals surface area contributed by atoms with Crippen LogP contribution in [0.5, 0.6) is 5.75 Å². The van der Waals surface area contributed by atoms with Crippen LogP contribution in [0.3, 0.4) is 0 Å². The van der Waals surface area contributed by atoms with Crippen molar-refractivity contribution in [3.05, 3.63) is 59.7 Å². The van der Waals surface area contributed by atoms with Crippen LogP contribution in [0.1, 0.15) is 65.0 Å². The number of hydrogen-bond acceptors (Lipinski definition) is 5. The Bertz CT molecular complexity index is 997. The zero-order valence-corrected chi connectivity index (χ0v) is 21.4. The topological polar surface area (TPSA) is 106 Å². The van der Waals surface area contributed by atoms with Crippen LogP contribution < -0.4 is 20.7 Å². The first kappa shape index (κ1) is 27.7. The molecule has 0 spiro atoms. The molecule has 0 heterocycles. The van der Waals surface area contributed by atoms with Crippen molar-refractivity contribution in [1.29, 1.82) is 0 Å². The fourth-order valence-electron chi connectivity index (χ4n) is 3.09. The fourth-order valence-corrected chi connectivity index (χ4v) is 3.09. The first-order valence-electron chi connectivity index (χ1n) is 11.8. The maximum Gasteiger partial charge on any atom is 0.407 e. The highest BCUT2D eigenvalue weighted by Gasteiger charge is 2.18. The van der Waals surface area contributed by atoms with Gasteiger partial charge >= 0.3 is 6.09 Å². The summed E-state index contributed by atoms with van der Waals surface area (Å²) in [6, 6.07) is 14.9. The first-order valence-corrected chi connectivity index (χ1v) is 11.8. The highest BCUT2D eigenvalue weighted by Crippen LogP contribution is 2.20. The molecule has 1 atom stereocenters. The fraction of sp³-hybridized carbons (Fsp3) is 0.444. The molecule has 1 unspecified atom stereocenters. The van der Waals surface area contributed by atoms with Gasteiger partial charge in [0.25, 0.3) is 5.91 Å². The Morgan fingerprint density at radius 2 is 1.57 bits per heavy atom. The minimum Gasteiger partial charge on any atom is -0.481 e.